The fourth-order valence-corrected chi connectivity index (χ4v) is 3.41. The van der Waals surface area contributed by atoms with Gasteiger partial charge in [0.15, 0.2) is 0 Å². The summed E-state index contributed by atoms with van der Waals surface area (Å²) in [7, 11) is 0. The highest BCUT2D eigenvalue weighted by atomic mass is 19.1. The lowest BCUT2D eigenvalue weighted by Gasteiger charge is -2.17. The lowest BCUT2D eigenvalue weighted by molar-refractivity contribution is 0.0793. The Labute approximate surface area is 163 Å². The van der Waals surface area contributed by atoms with Crippen molar-refractivity contribution in [1.29, 1.82) is 0 Å². The Kier molecular flexibility index (Phi) is 5.33. The number of pyridine rings is 1. The monoisotopic (exact) mass is 376 g/mol. The molecule has 0 atom stereocenters. The van der Waals surface area contributed by atoms with Crippen LogP contribution in [-0.4, -0.2) is 28.9 Å². The molecule has 4 rings (SSSR count). The highest BCUT2D eigenvalue weighted by Crippen LogP contribution is 2.27. The van der Waals surface area contributed by atoms with Crippen molar-refractivity contribution in [3.05, 3.63) is 83.8 Å². The summed E-state index contributed by atoms with van der Waals surface area (Å²) in [6.07, 6.45) is 3.77. The quantitative estimate of drug-likeness (QED) is 0.648. The van der Waals surface area contributed by atoms with Crippen LogP contribution in [0.3, 0.4) is 0 Å². The lowest BCUT2D eigenvalue weighted by atomic mass is 10.0. The van der Waals surface area contributed by atoms with Gasteiger partial charge in [-0.1, -0.05) is 30.3 Å². The van der Waals surface area contributed by atoms with Gasteiger partial charge in [0.25, 0.3) is 5.91 Å². The third-order valence-electron chi connectivity index (χ3n) is 4.89. The highest BCUT2D eigenvalue weighted by Gasteiger charge is 2.22. The molecule has 0 radical (unpaired) electrons. The van der Waals surface area contributed by atoms with Crippen LogP contribution in [0.5, 0.6) is 5.75 Å². The van der Waals surface area contributed by atoms with Gasteiger partial charge in [-0.05, 0) is 43.2 Å². The largest absolute Gasteiger partial charge is 0.489 e. The van der Waals surface area contributed by atoms with E-state index in [0.29, 0.717) is 22.6 Å². The SMILES string of the molecule is O=C(c1cccnc1-c1cccc(OCc2ccccc2F)c1)N1CCCC1. The number of hydrogen-bond donors (Lipinski definition) is 0. The van der Waals surface area contributed by atoms with Crippen molar-refractivity contribution in [2.24, 2.45) is 0 Å². The van der Waals surface area contributed by atoms with Crippen LogP contribution in [0.1, 0.15) is 28.8 Å². The molecule has 1 aromatic heterocycles. The summed E-state index contributed by atoms with van der Waals surface area (Å²) >= 11 is 0. The van der Waals surface area contributed by atoms with Gasteiger partial charge < -0.3 is 9.64 Å². The maximum Gasteiger partial charge on any atom is 0.256 e. The zero-order valence-electron chi connectivity index (χ0n) is 15.5. The number of carbonyl (C=O) groups excluding carboxylic acids is 1. The van der Waals surface area contributed by atoms with E-state index in [1.54, 1.807) is 30.5 Å². The molecule has 2 heterocycles. The van der Waals surface area contributed by atoms with Gasteiger partial charge in [-0.2, -0.15) is 0 Å². The van der Waals surface area contributed by atoms with Gasteiger partial charge in [-0.3, -0.25) is 9.78 Å². The number of hydrogen-bond acceptors (Lipinski definition) is 3. The molecule has 0 bridgehead atoms. The molecule has 0 N–H and O–H groups in total. The molecule has 0 unspecified atom stereocenters. The molecule has 1 aliphatic rings. The van der Waals surface area contributed by atoms with E-state index in [0.717, 1.165) is 31.5 Å². The molecule has 5 heteroatoms. The first-order chi connectivity index (χ1) is 13.7. The van der Waals surface area contributed by atoms with Crippen molar-refractivity contribution < 1.29 is 13.9 Å². The molecular formula is C23H21FN2O2. The van der Waals surface area contributed by atoms with Crippen LogP contribution in [0, 0.1) is 5.82 Å². The van der Waals surface area contributed by atoms with Crippen molar-refractivity contribution >= 4 is 5.91 Å². The smallest absolute Gasteiger partial charge is 0.256 e. The Hall–Kier alpha value is -3.21. The summed E-state index contributed by atoms with van der Waals surface area (Å²) in [6, 6.07) is 17.6. The fraction of sp³-hybridized carbons (Fsp3) is 0.217. The Morgan fingerprint density at radius 3 is 2.68 bits per heavy atom. The van der Waals surface area contributed by atoms with Crippen LogP contribution in [0.2, 0.25) is 0 Å². The minimum absolute atomic E-state index is 0.0123. The van der Waals surface area contributed by atoms with Crippen LogP contribution in [0.15, 0.2) is 66.9 Å². The molecule has 142 valence electrons. The molecular weight excluding hydrogens is 355 g/mol. The zero-order valence-corrected chi connectivity index (χ0v) is 15.5. The van der Waals surface area contributed by atoms with E-state index in [1.807, 2.05) is 35.2 Å². The number of carbonyl (C=O) groups is 1. The van der Waals surface area contributed by atoms with Crippen molar-refractivity contribution in [3.8, 4) is 17.0 Å². The van der Waals surface area contributed by atoms with E-state index in [2.05, 4.69) is 4.98 Å². The zero-order chi connectivity index (χ0) is 19.3. The molecule has 1 fully saturated rings. The number of rotatable bonds is 5. The number of ether oxygens (including phenoxy) is 1. The average Bonchev–Trinajstić information content (AvgIpc) is 3.28. The third kappa shape index (κ3) is 3.88. The van der Waals surface area contributed by atoms with Gasteiger partial charge in [0.05, 0.1) is 11.3 Å². The number of nitrogens with zero attached hydrogens (tertiary/aromatic N) is 2. The van der Waals surface area contributed by atoms with Gasteiger partial charge in [0, 0.05) is 30.4 Å². The second-order valence-electron chi connectivity index (χ2n) is 6.81. The molecule has 0 aliphatic carbocycles. The number of benzene rings is 2. The van der Waals surface area contributed by atoms with E-state index in [9.17, 15) is 9.18 Å². The van der Waals surface area contributed by atoms with Gasteiger partial charge in [0.1, 0.15) is 18.2 Å². The molecule has 28 heavy (non-hydrogen) atoms. The summed E-state index contributed by atoms with van der Waals surface area (Å²) in [4.78, 5) is 19.2. The van der Waals surface area contributed by atoms with Gasteiger partial charge >= 0.3 is 0 Å². The van der Waals surface area contributed by atoms with E-state index < -0.39 is 0 Å². The minimum atomic E-state index is -0.290. The van der Waals surface area contributed by atoms with Gasteiger partial charge in [-0.25, -0.2) is 4.39 Å². The standard InChI is InChI=1S/C23H21FN2O2/c24-21-11-2-1-7-18(21)16-28-19-9-5-8-17(15-19)22-20(10-6-12-25-22)23(27)26-13-3-4-14-26/h1-2,5-12,15H,3-4,13-14,16H2. The number of aromatic nitrogens is 1. The van der Waals surface area contributed by atoms with Crippen LogP contribution in [0.4, 0.5) is 4.39 Å². The summed E-state index contributed by atoms with van der Waals surface area (Å²) in [5, 5.41) is 0. The molecule has 4 nitrogen and oxygen atoms in total. The van der Waals surface area contributed by atoms with Gasteiger partial charge in [-0.15, -0.1) is 0 Å². The van der Waals surface area contributed by atoms with Crippen molar-refractivity contribution in [3.63, 3.8) is 0 Å². The Bertz CT molecular complexity index is 984. The number of halogens is 1. The fourth-order valence-electron chi connectivity index (χ4n) is 3.41. The predicted octanol–water partition coefficient (Wildman–Crippen LogP) is 4.70. The summed E-state index contributed by atoms with van der Waals surface area (Å²) in [5.41, 5.74) is 2.52. The minimum Gasteiger partial charge on any atom is -0.489 e. The maximum absolute atomic E-state index is 13.8. The second-order valence-corrected chi connectivity index (χ2v) is 6.81. The summed E-state index contributed by atoms with van der Waals surface area (Å²) < 4.78 is 19.6. The Morgan fingerprint density at radius 1 is 1.04 bits per heavy atom. The third-order valence-corrected chi connectivity index (χ3v) is 4.89. The Balaban J connectivity index is 1.58. The molecule has 0 saturated carbocycles. The Morgan fingerprint density at radius 2 is 1.86 bits per heavy atom. The molecule has 3 aromatic rings. The highest BCUT2D eigenvalue weighted by molar-refractivity contribution is 6.00. The average molecular weight is 376 g/mol. The van der Waals surface area contributed by atoms with Crippen LogP contribution in [-0.2, 0) is 6.61 Å². The predicted molar refractivity (Wildman–Crippen MR) is 106 cm³/mol. The van der Waals surface area contributed by atoms with Crippen molar-refractivity contribution in [2.45, 2.75) is 19.4 Å². The van der Waals surface area contributed by atoms with E-state index in [4.69, 9.17) is 4.74 Å². The maximum atomic E-state index is 13.8. The molecule has 1 saturated heterocycles. The van der Waals surface area contributed by atoms with Crippen LogP contribution < -0.4 is 4.74 Å². The first-order valence-corrected chi connectivity index (χ1v) is 9.43. The summed E-state index contributed by atoms with van der Waals surface area (Å²) in [6.45, 7) is 1.72. The van der Waals surface area contributed by atoms with Crippen LogP contribution >= 0.6 is 0 Å². The van der Waals surface area contributed by atoms with E-state index >= 15 is 0 Å². The van der Waals surface area contributed by atoms with Crippen LogP contribution in [0.25, 0.3) is 11.3 Å². The van der Waals surface area contributed by atoms with Crippen molar-refractivity contribution in [2.75, 3.05) is 13.1 Å². The van der Waals surface area contributed by atoms with E-state index in [-0.39, 0.29) is 18.3 Å². The van der Waals surface area contributed by atoms with E-state index in [1.165, 1.54) is 6.07 Å². The lowest BCUT2D eigenvalue weighted by Crippen LogP contribution is -2.28. The summed E-state index contributed by atoms with van der Waals surface area (Å²) in [5.74, 6) is 0.325. The first-order valence-electron chi connectivity index (χ1n) is 9.43. The van der Waals surface area contributed by atoms with Crippen molar-refractivity contribution in [1.82, 2.24) is 9.88 Å². The number of amides is 1. The molecule has 2 aromatic carbocycles. The number of likely N-dealkylation sites (tertiary alicyclic amines) is 1. The first kappa shape index (κ1) is 18.2. The molecule has 1 amide bonds. The molecule has 0 spiro atoms. The topological polar surface area (TPSA) is 42.4 Å². The molecule has 1 aliphatic heterocycles. The normalized spacial score (nSPS) is 13.5. The second kappa shape index (κ2) is 8.21. The van der Waals surface area contributed by atoms with Gasteiger partial charge in [0.2, 0.25) is 0 Å².